The molecule has 20 heavy (non-hydrogen) atoms. The number of aliphatic carboxylic acids is 1. The minimum Gasteiger partial charge on any atom is -0.481 e. The normalized spacial score (nSPS) is 10.8. The molecular formula is C13H11ClFNO2S2. The van der Waals surface area contributed by atoms with Crippen molar-refractivity contribution in [2.75, 3.05) is 0 Å². The molecule has 1 aromatic heterocycles. The van der Waals surface area contributed by atoms with Crippen molar-refractivity contribution in [3.63, 3.8) is 0 Å². The van der Waals surface area contributed by atoms with E-state index in [0.717, 1.165) is 9.22 Å². The molecule has 3 nitrogen and oxygen atoms in total. The molecule has 1 N–H and O–H groups in total. The molecule has 0 aliphatic carbocycles. The first-order valence-electron chi connectivity index (χ1n) is 5.71. The predicted molar refractivity (Wildman–Crippen MR) is 79.2 cm³/mol. The third-order valence-electron chi connectivity index (χ3n) is 2.59. The molecule has 0 bridgehead atoms. The molecule has 0 saturated heterocycles. The fraction of sp³-hybridized carbons (Fsp3) is 0.231. The summed E-state index contributed by atoms with van der Waals surface area (Å²) in [7, 11) is 0. The molecule has 0 aliphatic rings. The smallest absolute Gasteiger partial charge is 0.308 e. The van der Waals surface area contributed by atoms with Crippen molar-refractivity contribution in [3.05, 3.63) is 45.2 Å². The largest absolute Gasteiger partial charge is 0.481 e. The van der Waals surface area contributed by atoms with Crippen LogP contribution in [0.4, 0.5) is 4.39 Å². The van der Waals surface area contributed by atoms with Crippen molar-refractivity contribution >= 4 is 40.7 Å². The van der Waals surface area contributed by atoms with Crippen molar-refractivity contribution in [1.29, 1.82) is 0 Å². The summed E-state index contributed by atoms with van der Waals surface area (Å²) < 4.78 is 14.3. The van der Waals surface area contributed by atoms with E-state index in [4.69, 9.17) is 16.7 Å². The molecule has 0 aliphatic heterocycles. The first kappa shape index (κ1) is 15.3. The van der Waals surface area contributed by atoms with Crippen molar-refractivity contribution in [2.45, 2.75) is 23.4 Å². The number of hydrogen-bond donors (Lipinski definition) is 1. The molecule has 7 heteroatoms. The van der Waals surface area contributed by atoms with Gasteiger partial charge in [0.2, 0.25) is 0 Å². The lowest BCUT2D eigenvalue weighted by atomic mass is 10.2. The molecular weight excluding hydrogens is 321 g/mol. The minimum atomic E-state index is -0.884. The van der Waals surface area contributed by atoms with Crippen molar-refractivity contribution in [2.24, 2.45) is 0 Å². The average Bonchev–Trinajstić information content (AvgIpc) is 2.68. The zero-order chi connectivity index (χ0) is 14.7. The van der Waals surface area contributed by atoms with E-state index in [1.807, 2.05) is 0 Å². The molecule has 1 heterocycles. The molecule has 0 atom stereocenters. The van der Waals surface area contributed by atoms with Gasteiger partial charge in [0, 0.05) is 21.2 Å². The maximum absolute atomic E-state index is 13.6. The van der Waals surface area contributed by atoms with Crippen LogP contribution in [0.5, 0.6) is 0 Å². The Kier molecular flexibility index (Phi) is 5.01. The number of carboxylic acids is 1. The van der Waals surface area contributed by atoms with Crippen molar-refractivity contribution in [1.82, 2.24) is 4.98 Å². The highest BCUT2D eigenvalue weighted by atomic mass is 35.5. The van der Waals surface area contributed by atoms with Gasteiger partial charge >= 0.3 is 5.97 Å². The Bertz CT molecular complexity index is 625. The molecule has 0 radical (unpaired) electrons. The lowest BCUT2D eigenvalue weighted by Gasteiger charge is -2.03. The van der Waals surface area contributed by atoms with Gasteiger partial charge in [0.1, 0.15) is 5.82 Å². The lowest BCUT2D eigenvalue weighted by Crippen LogP contribution is -1.99. The summed E-state index contributed by atoms with van der Waals surface area (Å²) >= 11 is 8.63. The molecule has 0 fully saturated rings. The summed E-state index contributed by atoms with van der Waals surface area (Å²) in [4.78, 5) is 15.7. The fourth-order valence-corrected chi connectivity index (χ4v) is 4.14. The Morgan fingerprint density at radius 3 is 2.95 bits per heavy atom. The van der Waals surface area contributed by atoms with Gasteiger partial charge < -0.3 is 5.11 Å². The standard InChI is InChI=1S/C13H11ClFNO2S2/c1-7-11(5-12(17)18)20-13(16-7)19-6-8-9(14)3-2-4-10(8)15/h2-4H,5-6H2,1H3,(H,17,18). The number of rotatable bonds is 5. The minimum absolute atomic E-state index is 0.0372. The Morgan fingerprint density at radius 2 is 2.30 bits per heavy atom. The molecule has 106 valence electrons. The van der Waals surface area contributed by atoms with E-state index in [1.165, 1.54) is 29.2 Å². The number of thiazole rings is 1. The summed E-state index contributed by atoms with van der Waals surface area (Å²) in [5.41, 5.74) is 1.14. The summed E-state index contributed by atoms with van der Waals surface area (Å²) in [6, 6.07) is 4.57. The Morgan fingerprint density at radius 1 is 1.55 bits per heavy atom. The summed E-state index contributed by atoms with van der Waals surface area (Å²) in [5.74, 6) is -0.861. The van der Waals surface area contributed by atoms with Crippen LogP contribution < -0.4 is 0 Å². The van der Waals surface area contributed by atoms with E-state index in [1.54, 1.807) is 19.1 Å². The zero-order valence-corrected chi connectivity index (χ0v) is 12.9. The maximum Gasteiger partial charge on any atom is 0.308 e. The molecule has 1 aromatic carbocycles. The highest BCUT2D eigenvalue weighted by Gasteiger charge is 2.13. The van der Waals surface area contributed by atoms with Crippen LogP contribution in [0, 0.1) is 12.7 Å². The SMILES string of the molecule is Cc1nc(SCc2c(F)cccc2Cl)sc1CC(=O)O. The van der Waals surface area contributed by atoms with Crippen LogP contribution in [-0.2, 0) is 17.0 Å². The van der Waals surface area contributed by atoms with E-state index >= 15 is 0 Å². The van der Waals surface area contributed by atoms with Gasteiger partial charge in [0.25, 0.3) is 0 Å². The number of aryl methyl sites for hydroxylation is 1. The third kappa shape index (κ3) is 3.71. The van der Waals surface area contributed by atoms with Crippen LogP contribution in [-0.4, -0.2) is 16.1 Å². The second-order valence-electron chi connectivity index (χ2n) is 4.05. The number of aromatic nitrogens is 1. The van der Waals surface area contributed by atoms with Gasteiger partial charge in [0.05, 0.1) is 12.1 Å². The molecule has 2 aromatic rings. The number of benzene rings is 1. The van der Waals surface area contributed by atoms with E-state index in [-0.39, 0.29) is 12.2 Å². The number of halogens is 2. The van der Waals surface area contributed by atoms with Crippen LogP contribution in [0.1, 0.15) is 16.1 Å². The van der Waals surface area contributed by atoms with Gasteiger partial charge in [-0.15, -0.1) is 11.3 Å². The van der Waals surface area contributed by atoms with E-state index in [2.05, 4.69) is 4.98 Å². The van der Waals surface area contributed by atoms with Gasteiger partial charge in [-0.25, -0.2) is 9.37 Å². The first-order valence-corrected chi connectivity index (χ1v) is 7.89. The van der Waals surface area contributed by atoms with Crippen LogP contribution in [0.25, 0.3) is 0 Å². The van der Waals surface area contributed by atoms with E-state index in [9.17, 15) is 9.18 Å². The summed E-state index contributed by atoms with van der Waals surface area (Å²) in [6.45, 7) is 1.77. The number of hydrogen-bond acceptors (Lipinski definition) is 4. The zero-order valence-electron chi connectivity index (χ0n) is 10.5. The van der Waals surface area contributed by atoms with Crippen LogP contribution in [0.15, 0.2) is 22.5 Å². The quantitative estimate of drug-likeness (QED) is 0.836. The van der Waals surface area contributed by atoms with Gasteiger partial charge in [-0.05, 0) is 19.1 Å². The fourth-order valence-electron chi connectivity index (χ4n) is 1.57. The Hall–Kier alpha value is -1.11. The van der Waals surface area contributed by atoms with E-state index < -0.39 is 5.97 Å². The topological polar surface area (TPSA) is 50.2 Å². The van der Waals surface area contributed by atoms with Crippen LogP contribution in [0.3, 0.4) is 0 Å². The number of carboxylic acid groups (broad SMARTS) is 1. The highest BCUT2D eigenvalue weighted by molar-refractivity contribution is 8.00. The molecule has 0 spiro atoms. The van der Waals surface area contributed by atoms with Gasteiger partial charge in [-0.3, -0.25) is 4.79 Å². The lowest BCUT2D eigenvalue weighted by molar-refractivity contribution is -0.136. The molecule has 0 amide bonds. The van der Waals surface area contributed by atoms with Gasteiger partial charge in [-0.1, -0.05) is 29.4 Å². The Balaban J connectivity index is 2.10. The van der Waals surface area contributed by atoms with Crippen LogP contribution in [0.2, 0.25) is 5.02 Å². The number of carbonyl (C=O) groups is 1. The highest BCUT2D eigenvalue weighted by Crippen LogP contribution is 2.32. The average molecular weight is 332 g/mol. The van der Waals surface area contributed by atoms with Gasteiger partial charge in [0.15, 0.2) is 4.34 Å². The molecule has 2 rings (SSSR count). The second-order valence-corrected chi connectivity index (χ2v) is 6.76. The molecule has 0 saturated carbocycles. The Labute approximate surface area is 128 Å². The monoisotopic (exact) mass is 331 g/mol. The summed E-state index contributed by atoms with van der Waals surface area (Å²) in [6.07, 6.45) is -0.0372. The first-order chi connectivity index (χ1) is 9.47. The van der Waals surface area contributed by atoms with E-state index in [0.29, 0.717) is 22.0 Å². The predicted octanol–water partition coefficient (Wildman–Crippen LogP) is 4.16. The number of nitrogens with zero attached hydrogens (tertiary/aromatic N) is 1. The maximum atomic E-state index is 13.6. The number of thioether (sulfide) groups is 1. The van der Waals surface area contributed by atoms with Crippen molar-refractivity contribution in [3.8, 4) is 0 Å². The van der Waals surface area contributed by atoms with Crippen molar-refractivity contribution < 1.29 is 14.3 Å². The second kappa shape index (κ2) is 6.56. The summed E-state index contributed by atoms with van der Waals surface area (Å²) in [5, 5.41) is 9.17. The third-order valence-corrected chi connectivity index (χ3v) is 5.27. The van der Waals surface area contributed by atoms with Crippen LogP contribution >= 0.6 is 34.7 Å². The van der Waals surface area contributed by atoms with Gasteiger partial charge in [-0.2, -0.15) is 0 Å². The molecule has 0 unspecified atom stereocenters.